The summed E-state index contributed by atoms with van der Waals surface area (Å²) in [5.74, 6) is -1.22. The van der Waals surface area contributed by atoms with Crippen molar-refractivity contribution in [1.82, 2.24) is 5.32 Å². The lowest BCUT2D eigenvalue weighted by atomic mass is 10.1. The van der Waals surface area contributed by atoms with Crippen molar-refractivity contribution in [1.29, 1.82) is 0 Å². The molecular formula is C21H24N2O5S. The topological polar surface area (TPSA) is 92.8 Å². The molecule has 1 aliphatic carbocycles. The minimum atomic E-state index is -3.73. The number of anilines is 1. The van der Waals surface area contributed by atoms with Gasteiger partial charge in [0.1, 0.15) is 6.54 Å². The molecule has 3 rings (SSSR count). The van der Waals surface area contributed by atoms with Crippen LogP contribution in [0.5, 0.6) is 0 Å². The number of amides is 1. The standard InChI is InChI=1S/C21H24N2O5S/c1-15-8-6-7-11-18(15)23(29(2,26)27)14-19(24)28-20(16-9-4-3-5-10-16)21(25)22-17-12-13-17/h3-11,17,20H,12-14H2,1-2H3,(H,22,25)/t20-/m0/s1. The Balaban J connectivity index is 1.80. The van der Waals surface area contributed by atoms with Crippen molar-refractivity contribution < 1.29 is 22.7 Å². The van der Waals surface area contributed by atoms with Gasteiger partial charge in [0.25, 0.3) is 5.91 Å². The smallest absolute Gasteiger partial charge is 0.327 e. The maximum Gasteiger partial charge on any atom is 0.327 e. The zero-order valence-corrected chi connectivity index (χ0v) is 17.2. The molecule has 0 spiro atoms. The van der Waals surface area contributed by atoms with Crippen molar-refractivity contribution >= 4 is 27.6 Å². The molecule has 2 aromatic rings. The van der Waals surface area contributed by atoms with E-state index in [-0.39, 0.29) is 6.04 Å². The number of ether oxygens (including phenoxy) is 1. The number of rotatable bonds is 8. The highest BCUT2D eigenvalue weighted by Gasteiger charge is 2.32. The van der Waals surface area contributed by atoms with Gasteiger partial charge in [0.05, 0.1) is 11.9 Å². The first-order valence-electron chi connectivity index (χ1n) is 9.34. The van der Waals surface area contributed by atoms with E-state index < -0.39 is 34.5 Å². The molecule has 1 N–H and O–H groups in total. The van der Waals surface area contributed by atoms with Crippen LogP contribution in [-0.4, -0.2) is 39.1 Å². The number of benzene rings is 2. The second-order valence-electron chi connectivity index (χ2n) is 7.12. The number of carbonyl (C=O) groups is 2. The van der Waals surface area contributed by atoms with Gasteiger partial charge in [-0.3, -0.25) is 13.9 Å². The average Bonchev–Trinajstić information content (AvgIpc) is 3.48. The summed E-state index contributed by atoms with van der Waals surface area (Å²) in [5, 5.41) is 2.83. The Morgan fingerprint density at radius 1 is 1.10 bits per heavy atom. The Labute approximate surface area is 170 Å². The van der Waals surface area contributed by atoms with E-state index in [9.17, 15) is 18.0 Å². The molecule has 7 nitrogen and oxygen atoms in total. The van der Waals surface area contributed by atoms with Crippen molar-refractivity contribution in [2.75, 3.05) is 17.1 Å². The van der Waals surface area contributed by atoms with Crippen LogP contribution in [0, 0.1) is 6.92 Å². The summed E-state index contributed by atoms with van der Waals surface area (Å²) in [6, 6.07) is 15.6. The minimum Gasteiger partial charge on any atom is -0.446 e. The van der Waals surface area contributed by atoms with E-state index in [1.807, 2.05) is 0 Å². The van der Waals surface area contributed by atoms with E-state index in [0.29, 0.717) is 16.8 Å². The molecule has 2 aromatic carbocycles. The Morgan fingerprint density at radius 3 is 2.31 bits per heavy atom. The van der Waals surface area contributed by atoms with Crippen LogP contribution < -0.4 is 9.62 Å². The molecule has 1 aliphatic rings. The number of hydrogen-bond donors (Lipinski definition) is 1. The highest BCUT2D eigenvalue weighted by atomic mass is 32.2. The number of esters is 1. The van der Waals surface area contributed by atoms with Crippen LogP contribution in [-0.2, 0) is 24.3 Å². The van der Waals surface area contributed by atoms with Gasteiger partial charge < -0.3 is 10.1 Å². The normalized spacial score (nSPS) is 14.7. The predicted molar refractivity (Wildman–Crippen MR) is 110 cm³/mol. The molecule has 0 aromatic heterocycles. The summed E-state index contributed by atoms with van der Waals surface area (Å²) < 4.78 is 31.1. The fraction of sp³-hybridized carbons (Fsp3) is 0.333. The van der Waals surface area contributed by atoms with E-state index in [0.717, 1.165) is 23.4 Å². The molecule has 154 valence electrons. The predicted octanol–water partition coefficient (Wildman–Crippen LogP) is 2.32. The number of sulfonamides is 1. The van der Waals surface area contributed by atoms with Crippen LogP contribution in [0.1, 0.15) is 30.1 Å². The summed E-state index contributed by atoms with van der Waals surface area (Å²) in [6.07, 6.45) is 1.69. The van der Waals surface area contributed by atoms with Gasteiger partial charge in [0.15, 0.2) is 0 Å². The van der Waals surface area contributed by atoms with Gasteiger partial charge in [-0.15, -0.1) is 0 Å². The van der Waals surface area contributed by atoms with Gasteiger partial charge in [0.2, 0.25) is 16.1 Å². The molecule has 0 heterocycles. The minimum absolute atomic E-state index is 0.104. The molecule has 0 radical (unpaired) electrons. The second kappa shape index (κ2) is 8.65. The lowest BCUT2D eigenvalue weighted by molar-refractivity contribution is -0.155. The summed E-state index contributed by atoms with van der Waals surface area (Å²) in [5.41, 5.74) is 1.63. The van der Waals surface area contributed by atoms with E-state index in [1.165, 1.54) is 0 Å². The SMILES string of the molecule is Cc1ccccc1N(CC(=O)O[C@H](C(=O)NC1CC1)c1ccccc1)S(C)(=O)=O. The molecule has 1 atom stereocenters. The van der Waals surface area contributed by atoms with Crippen LogP contribution in [0.4, 0.5) is 5.69 Å². The Hall–Kier alpha value is -2.87. The molecule has 0 unspecified atom stereocenters. The molecular weight excluding hydrogens is 392 g/mol. The van der Waals surface area contributed by atoms with E-state index in [1.54, 1.807) is 61.5 Å². The third kappa shape index (κ3) is 5.57. The van der Waals surface area contributed by atoms with Crippen LogP contribution in [0.2, 0.25) is 0 Å². The van der Waals surface area contributed by atoms with Gasteiger partial charge in [-0.05, 0) is 31.4 Å². The van der Waals surface area contributed by atoms with E-state index in [2.05, 4.69) is 5.32 Å². The molecule has 1 fully saturated rings. The van der Waals surface area contributed by atoms with Crippen LogP contribution in [0.3, 0.4) is 0 Å². The highest BCUT2D eigenvalue weighted by Crippen LogP contribution is 2.25. The summed E-state index contributed by atoms with van der Waals surface area (Å²) in [4.78, 5) is 25.3. The van der Waals surface area contributed by atoms with Crippen molar-refractivity contribution in [3.63, 3.8) is 0 Å². The third-order valence-electron chi connectivity index (χ3n) is 4.57. The van der Waals surface area contributed by atoms with Crippen molar-refractivity contribution in [3.8, 4) is 0 Å². The highest BCUT2D eigenvalue weighted by molar-refractivity contribution is 7.92. The van der Waals surface area contributed by atoms with Gasteiger partial charge in [-0.25, -0.2) is 8.42 Å². The Kier molecular flexibility index (Phi) is 6.22. The number of aryl methyl sites for hydroxylation is 1. The van der Waals surface area contributed by atoms with Crippen LogP contribution >= 0.6 is 0 Å². The summed E-state index contributed by atoms with van der Waals surface area (Å²) in [6.45, 7) is 1.23. The van der Waals surface area contributed by atoms with Crippen molar-refractivity contribution in [2.24, 2.45) is 0 Å². The summed E-state index contributed by atoms with van der Waals surface area (Å²) >= 11 is 0. The Morgan fingerprint density at radius 2 is 1.72 bits per heavy atom. The zero-order valence-electron chi connectivity index (χ0n) is 16.4. The van der Waals surface area contributed by atoms with Crippen LogP contribution in [0.25, 0.3) is 0 Å². The first kappa shape index (κ1) is 20.9. The molecule has 0 saturated heterocycles. The quantitative estimate of drug-likeness (QED) is 0.667. The van der Waals surface area contributed by atoms with E-state index >= 15 is 0 Å². The zero-order chi connectivity index (χ0) is 21.0. The number of carbonyl (C=O) groups excluding carboxylic acids is 2. The molecule has 0 bridgehead atoms. The molecule has 1 saturated carbocycles. The van der Waals surface area contributed by atoms with Crippen LogP contribution in [0.15, 0.2) is 54.6 Å². The fourth-order valence-corrected chi connectivity index (χ4v) is 3.82. The van der Waals surface area contributed by atoms with Crippen molar-refractivity contribution in [3.05, 3.63) is 65.7 Å². The van der Waals surface area contributed by atoms with Gasteiger partial charge in [-0.2, -0.15) is 0 Å². The lowest BCUT2D eigenvalue weighted by Gasteiger charge is -2.24. The Bertz CT molecular complexity index is 987. The molecule has 1 amide bonds. The number of nitrogens with zero attached hydrogens (tertiary/aromatic N) is 1. The third-order valence-corrected chi connectivity index (χ3v) is 5.70. The first-order chi connectivity index (χ1) is 13.8. The molecule has 8 heteroatoms. The summed E-state index contributed by atoms with van der Waals surface area (Å²) in [7, 11) is -3.73. The molecule has 29 heavy (non-hydrogen) atoms. The molecule has 0 aliphatic heterocycles. The van der Waals surface area contributed by atoms with Gasteiger partial charge in [0, 0.05) is 11.6 Å². The first-order valence-corrected chi connectivity index (χ1v) is 11.2. The fourth-order valence-electron chi connectivity index (χ4n) is 2.92. The van der Waals surface area contributed by atoms with E-state index in [4.69, 9.17) is 4.74 Å². The van der Waals surface area contributed by atoms with Crippen molar-refractivity contribution in [2.45, 2.75) is 31.9 Å². The maximum absolute atomic E-state index is 12.7. The number of nitrogens with one attached hydrogen (secondary N) is 1. The average molecular weight is 416 g/mol. The van der Waals surface area contributed by atoms with Gasteiger partial charge >= 0.3 is 5.97 Å². The largest absolute Gasteiger partial charge is 0.446 e. The maximum atomic E-state index is 12.7. The second-order valence-corrected chi connectivity index (χ2v) is 9.03. The monoisotopic (exact) mass is 416 g/mol. The van der Waals surface area contributed by atoms with Gasteiger partial charge in [-0.1, -0.05) is 48.5 Å². The number of hydrogen-bond acceptors (Lipinski definition) is 5. The number of para-hydroxylation sites is 1. The lowest BCUT2D eigenvalue weighted by Crippen LogP contribution is -2.39.